The number of rotatable bonds is 5. The predicted octanol–water partition coefficient (Wildman–Crippen LogP) is 2.57. The van der Waals surface area contributed by atoms with Gasteiger partial charge in [0.2, 0.25) is 0 Å². The lowest BCUT2D eigenvalue weighted by Gasteiger charge is -2.18. The number of guanidine groups is 1. The molecule has 0 aromatic carbocycles. The Morgan fingerprint density at radius 2 is 2.05 bits per heavy atom. The average molecular weight is 262 g/mol. The van der Waals surface area contributed by atoms with Gasteiger partial charge in [-0.05, 0) is 30.4 Å². The van der Waals surface area contributed by atoms with Gasteiger partial charge in [-0.25, -0.2) is 0 Å². The van der Waals surface area contributed by atoms with Crippen molar-refractivity contribution in [3.8, 4) is 0 Å². The number of hydrogen-bond donors (Lipinski definition) is 2. The largest absolute Gasteiger partial charge is 0.356 e. The molecule has 0 fully saturated rings. The van der Waals surface area contributed by atoms with Crippen molar-refractivity contribution in [2.45, 2.75) is 40.2 Å². The van der Waals surface area contributed by atoms with Crippen LogP contribution in [0.2, 0.25) is 0 Å². The molecular weight excluding hydrogens is 236 g/mol. The summed E-state index contributed by atoms with van der Waals surface area (Å²) in [6.45, 7) is 8.43. The van der Waals surface area contributed by atoms with E-state index in [-0.39, 0.29) is 0 Å². The van der Waals surface area contributed by atoms with Crippen LogP contribution >= 0.6 is 0 Å². The summed E-state index contributed by atoms with van der Waals surface area (Å²) in [7, 11) is 1.79. The maximum Gasteiger partial charge on any atom is 0.191 e. The Labute approximate surface area is 116 Å². The van der Waals surface area contributed by atoms with Crippen molar-refractivity contribution in [2.24, 2.45) is 10.4 Å². The van der Waals surface area contributed by atoms with Crippen LogP contribution in [0.5, 0.6) is 0 Å². The SMILES string of the molecule is CN=C(NCCCC(C)(C)C)NCc1ccccn1. The topological polar surface area (TPSA) is 49.3 Å². The maximum atomic E-state index is 4.27. The van der Waals surface area contributed by atoms with Crippen LogP contribution < -0.4 is 10.6 Å². The molecule has 1 rings (SSSR count). The maximum absolute atomic E-state index is 4.27. The van der Waals surface area contributed by atoms with Crippen LogP contribution in [0.15, 0.2) is 29.4 Å². The molecule has 0 bridgehead atoms. The highest BCUT2D eigenvalue weighted by molar-refractivity contribution is 5.79. The van der Waals surface area contributed by atoms with E-state index in [1.165, 1.54) is 6.42 Å². The molecule has 0 atom stereocenters. The first-order valence-electron chi connectivity index (χ1n) is 6.86. The first kappa shape index (κ1) is 15.5. The van der Waals surface area contributed by atoms with E-state index in [2.05, 4.69) is 41.4 Å². The van der Waals surface area contributed by atoms with Crippen molar-refractivity contribution >= 4 is 5.96 Å². The molecule has 2 N–H and O–H groups in total. The Hall–Kier alpha value is -1.58. The van der Waals surface area contributed by atoms with Gasteiger partial charge in [0.15, 0.2) is 5.96 Å². The van der Waals surface area contributed by atoms with Crippen molar-refractivity contribution in [3.05, 3.63) is 30.1 Å². The third kappa shape index (κ3) is 7.44. The van der Waals surface area contributed by atoms with Gasteiger partial charge in [0.05, 0.1) is 12.2 Å². The van der Waals surface area contributed by atoms with Crippen LogP contribution in [0.1, 0.15) is 39.3 Å². The van der Waals surface area contributed by atoms with Crippen LogP contribution in [0.3, 0.4) is 0 Å². The quantitative estimate of drug-likeness (QED) is 0.487. The first-order valence-corrected chi connectivity index (χ1v) is 6.86. The zero-order valence-corrected chi connectivity index (χ0v) is 12.5. The second-order valence-electron chi connectivity index (χ2n) is 5.84. The molecule has 0 saturated carbocycles. The highest BCUT2D eigenvalue weighted by Crippen LogP contribution is 2.19. The van der Waals surface area contributed by atoms with Gasteiger partial charge in [-0.1, -0.05) is 26.8 Å². The Bertz CT molecular complexity index is 379. The lowest BCUT2D eigenvalue weighted by Crippen LogP contribution is -2.37. The Balaban J connectivity index is 2.24. The lowest BCUT2D eigenvalue weighted by molar-refractivity contribution is 0.365. The smallest absolute Gasteiger partial charge is 0.191 e. The van der Waals surface area contributed by atoms with Gasteiger partial charge in [-0.3, -0.25) is 9.98 Å². The average Bonchev–Trinajstić information content (AvgIpc) is 2.38. The number of pyridine rings is 1. The van der Waals surface area contributed by atoms with Crippen LogP contribution in [0.25, 0.3) is 0 Å². The van der Waals surface area contributed by atoms with E-state index in [0.29, 0.717) is 12.0 Å². The zero-order valence-electron chi connectivity index (χ0n) is 12.5. The van der Waals surface area contributed by atoms with Gasteiger partial charge in [-0.15, -0.1) is 0 Å². The summed E-state index contributed by atoms with van der Waals surface area (Å²) >= 11 is 0. The van der Waals surface area contributed by atoms with Gasteiger partial charge in [0, 0.05) is 19.8 Å². The summed E-state index contributed by atoms with van der Waals surface area (Å²) in [5.74, 6) is 0.833. The minimum Gasteiger partial charge on any atom is -0.356 e. The fourth-order valence-electron chi connectivity index (χ4n) is 1.72. The Morgan fingerprint density at radius 3 is 2.63 bits per heavy atom. The first-order chi connectivity index (χ1) is 9.01. The highest BCUT2D eigenvalue weighted by atomic mass is 15.2. The molecule has 1 aromatic heterocycles. The molecule has 0 unspecified atom stereocenters. The molecule has 106 valence electrons. The Kier molecular flexibility index (Phi) is 6.33. The number of nitrogens with one attached hydrogen (secondary N) is 2. The summed E-state index contributed by atoms with van der Waals surface area (Å²) in [5, 5.41) is 6.58. The van der Waals surface area contributed by atoms with Gasteiger partial charge in [0.25, 0.3) is 0 Å². The van der Waals surface area contributed by atoms with E-state index >= 15 is 0 Å². The van der Waals surface area contributed by atoms with Gasteiger partial charge < -0.3 is 10.6 Å². The van der Waals surface area contributed by atoms with Crippen molar-refractivity contribution in [3.63, 3.8) is 0 Å². The molecule has 0 amide bonds. The summed E-state index contributed by atoms with van der Waals surface area (Å²) in [5.41, 5.74) is 1.41. The van der Waals surface area contributed by atoms with E-state index < -0.39 is 0 Å². The second kappa shape index (κ2) is 7.77. The van der Waals surface area contributed by atoms with Crippen LogP contribution in [0, 0.1) is 5.41 Å². The number of nitrogens with zero attached hydrogens (tertiary/aromatic N) is 2. The number of aliphatic imine (C=N–C) groups is 1. The zero-order chi connectivity index (χ0) is 14.1. The molecule has 1 aromatic rings. The van der Waals surface area contributed by atoms with Gasteiger partial charge >= 0.3 is 0 Å². The minimum atomic E-state index is 0.395. The molecule has 0 aliphatic carbocycles. The van der Waals surface area contributed by atoms with Crippen molar-refractivity contribution in [2.75, 3.05) is 13.6 Å². The van der Waals surface area contributed by atoms with Crippen molar-refractivity contribution in [1.29, 1.82) is 0 Å². The third-order valence-corrected chi connectivity index (χ3v) is 2.78. The van der Waals surface area contributed by atoms with Gasteiger partial charge in [0.1, 0.15) is 0 Å². The summed E-state index contributed by atoms with van der Waals surface area (Å²) in [4.78, 5) is 8.47. The predicted molar refractivity (Wildman–Crippen MR) is 81.1 cm³/mol. The van der Waals surface area contributed by atoms with Crippen LogP contribution in [-0.4, -0.2) is 24.5 Å². The lowest BCUT2D eigenvalue weighted by atomic mass is 9.91. The molecular formula is C15H26N4. The molecule has 0 radical (unpaired) electrons. The van der Waals surface area contributed by atoms with E-state index in [1.54, 1.807) is 13.2 Å². The monoisotopic (exact) mass is 262 g/mol. The van der Waals surface area contributed by atoms with Crippen molar-refractivity contribution < 1.29 is 0 Å². The number of aromatic nitrogens is 1. The highest BCUT2D eigenvalue weighted by Gasteiger charge is 2.09. The minimum absolute atomic E-state index is 0.395. The normalized spacial score (nSPS) is 12.3. The van der Waals surface area contributed by atoms with Crippen LogP contribution in [0.4, 0.5) is 0 Å². The molecule has 4 nitrogen and oxygen atoms in total. The molecule has 1 heterocycles. The van der Waals surface area contributed by atoms with Gasteiger partial charge in [-0.2, -0.15) is 0 Å². The molecule has 19 heavy (non-hydrogen) atoms. The van der Waals surface area contributed by atoms with Crippen molar-refractivity contribution in [1.82, 2.24) is 15.6 Å². The van der Waals surface area contributed by atoms with E-state index in [9.17, 15) is 0 Å². The van der Waals surface area contributed by atoms with E-state index in [4.69, 9.17) is 0 Å². The standard InChI is InChI=1S/C15H26N4/c1-15(2,3)9-7-11-18-14(16-4)19-12-13-8-5-6-10-17-13/h5-6,8,10H,7,9,11-12H2,1-4H3,(H2,16,18,19). The molecule has 0 spiro atoms. The fraction of sp³-hybridized carbons (Fsp3) is 0.600. The second-order valence-corrected chi connectivity index (χ2v) is 5.84. The number of hydrogen-bond acceptors (Lipinski definition) is 2. The summed E-state index contributed by atoms with van der Waals surface area (Å²) < 4.78 is 0. The summed E-state index contributed by atoms with van der Waals surface area (Å²) in [6.07, 6.45) is 4.15. The molecule has 0 aliphatic heterocycles. The fourth-order valence-corrected chi connectivity index (χ4v) is 1.72. The Morgan fingerprint density at radius 1 is 1.26 bits per heavy atom. The summed E-state index contributed by atoms with van der Waals surface area (Å²) in [6, 6.07) is 5.91. The van der Waals surface area contributed by atoms with Crippen LogP contribution in [-0.2, 0) is 6.54 Å². The molecule has 0 aliphatic rings. The van der Waals surface area contributed by atoms with E-state index in [1.807, 2.05) is 18.2 Å². The molecule has 4 heteroatoms. The van der Waals surface area contributed by atoms with E-state index in [0.717, 1.165) is 24.6 Å². The molecule has 0 saturated heterocycles. The third-order valence-electron chi connectivity index (χ3n) is 2.78.